The van der Waals surface area contributed by atoms with Crippen LogP contribution in [0.4, 0.5) is 0 Å². The standard InChI is InChI=1S/C16H20N2S/c1-16(2,17)15-18-13-9-8-12(10-14(13)19-15)11-6-4-3-5-7-11/h3-7,12H,8-10,17H2,1-2H3. The second kappa shape index (κ2) is 4.73. The van der Waals surface area contributed by atoms with Crippen molar-refractivity contribution < 1.29 is 0 Å². The van der Waals surface area contributed by atoms with Crippen LogP contribution in [-0.2, 0) is 18.4 Å². The van der Waals surface area contributed by atoms with E-state index in [4.69, 9.17) is 10.7 Å². The molecule has 1 heterocycles. The van der Waals surface area contributed by atoms with Crippen molar-refractivity contribution in [3.05, 3.63) is 51.5 Å². The zero-order chi connectivity index (χ0) is 13.5. The van der Waals surface area contributed by atoms with Gasteiger partial charge in [-0.05, 0) is 44.6 Å². The van der Waals surface area contributed by atoms with Gasteiger partial charge in [0, 0.05) is 4.88 Å². The molecule has 100 valence electrons. The van der Waals surface area contributed by atoms with Crippen LogP contribution in [0.15, 0.2) is 30.3 Å². The molecule has 2 nitrogen and oxygen atoms in total. The molecule has 0 saturated heterocycles. The van der Waals surface area contributed by atoms with Crippen molar-refractivity contribution in [3.63, 3.8) is 0 Å². The fourth-order valence-electron chi connectivity index (χ4n) is 2.66. The van der Waals surface area contributed by atoms with E-state index in [0.29, 0.717) is 5.92 Å². The zero-order valence-electron chi connectivity index (χ0n) is 11.5. The monoisotopic (exact) mass is 272 g/mol. The van der Waals surface area contributed by atoms with Crippen molar-refractivity contribution in [1.29, 1.82) is 0 Å². The molecule has 1 aliphatic rings. The number of thiazole rings is 1. The van der Waals surface area contributed by atoms with Crippen LogP contribution in [0.2, 0.25) is 0 Å². The molecule has 2 aromatic rings. The first-order valence-electron chi connectivity index (χ1n) is 6.87. The summed E-state index contributed by atoms with van der Waals surface area (Å²) in [4.78, 5) is 6.18. The molecule has 0 fully saturated rings. The largest absolute Gasteiger partial charge is 0.320 e. The third-order valence-corrected chi connectivity index (χ3v) is 5.22. The predicted octanol–water partition coefficient (Wildman–Crippen LogP) is 3.61. The second-order valence-electron chi connectivity index (χ2n) is 5.96. The molecule has 1 aromatic carbocycles. The average molecular weight is 272 g/mol. The van der Waals surface area contributed by atoms with Crippen molar-refractivity contribution in [2.24, 2.45) is 5.73 Å². The maximum absolute atomic E-state index is 6.16. The molecule has 1 atom stereocenters. The highest BCUT2D eigenvalue weighted by molar-refractivity contribution is 7.11. The summed E-state index contributed by atoms with van der Waals surface area (Å²) in [5, 5.41) is 1.08. The normalized spacial score (nSPS) is 19.2. The SMILES string of the molecule is CC(C)(N)c1nc2c(s1)CC(c1ccccc1)CC2. The van der Waals surface area contributed by atoms with Crippen LogP contribution >= 0.6 is 11.3 Å². The lowest BCUT2D eigenvalue weighted by Crippen LogP contribution is -2.28. The number of aryl methyl sites for hydroxylation is 1. The van der Waals surface area contributed by atoms with Gasteiger partial charge in [-0.15, -0.1) is 11.3 Å². The quantitative estimate of drug-likeness (QED) is 0.907. The summed E-state index contributed by atoms with van der Waals surface area (Å²) in [6.45, 7) is 4.07. The Morgan fingerprint density at radius 3 is 2.68 bits per heavy atom. The molecular formula is C16H20N2S. The summed E-state index contributed by atoms with van der Waals surface area (Å²) < 4.78 is 0. The number of fused-ring (bicyclic) bond motifs is 1. The predicted molar refractivity (Wildman–Crippen MR) is 80.5 cm³/mol. The van der Waals surface area contributed by atoms with E-state index in [1.807, 2.05) is 13.8 Å². The Labute approximate surface area is 118 Å². The second-order valence-corrected chi connectivity index (χ2v) is 7.04. The van der Waals surface area contributed by atoms with Crippen LogP contribution in [0, 0.1) is 0 Å². The minimum Gasteiger partial charge on any atom is -0.320 e. The van der Waals surface area contributed by atoms with E-state index < -0.39 is 0 Å². The van der Waals surface area contributed by atoms with Crippen LogP contribution in [0.25, 0.3) is 0 Å². The van der Waals surface area contributed by atoms with Crippen molar-refractivity contribution in [1.82, 2.24) is 4.98 Å². The Bertz CT molecular complexity index is 566. The molecule has 2 N–H and O–H groups in total. The highest BCUT2D eigenvalue weighted by Gasteiger charge is 2.27. The molecule has 1 aromatic heterocycles. The Morgan fingerprint density at radius 2 is 2.00 bits per heavy atom. The van der Waals surface area contributed by atoms with Crippen molar-refractivity contribution in [3.8, 4) is 0 Å². The maximum Gasteiger partial charge on any atom is 0.112 e. The van der Waals surface area contributed by atoms with Crippen LogP contribution in [0.5, 0.6) is 0 Å². The van der Waals surface area contributed by atoms with E-state index in [0.717, 1.165) is 17.8 Å². The average Bonchev–Trinajstić information content (AvgIpc) is 2.82. The molecule has 0 bridgehead atoms. The van der Waals surface area contributed by atoms with E-state index in [1.165, 1.54) is 22.6 Å². The Balaban J connectivity index is 1.86. The lowest BCUT2D eigenvalue weighted by molar-refractivity contribution is 0.542. The minimum atomic E-state index is -0.315. The van der Waals surface area contributed by atoms with E-state index in [-0.39, 0.29) is 5.54 Å². The van der Waals surface area contributed by atoms with Gasteiger partial charge in [0.2, 0.25) is 0 Å². The molecule has 0 amide bonds. The first-order chi connectivity index (χ1) is 9.04. The van der Waals surface area contributed by atoms with Crippen LogP contribution in [0.1, 0.15) is 47.3 Å². The van der Waals surface area contributed by atoms with Crippen LogP contribution < -0.4 is 5.73 Å². The van der Waals surface area contributed by atoms with E-state index in [9.17, 15) is 0 Å². The van der Waals surface area contributed by atoms with Gasteiger partial charge in [0.15, 0.2) is 0 Å². The highest BCUT2D eigenvalue weighted by Crippen LogP contribution is 2.37. The first-order valence-corrected chi connectivity index (χ1v) is 7.68. The number of hydrogen-bond donors (Lipinski definition) is 1. The fourth-order valence-corrected chi connectivity index (χ4v) is 3.86. The lowest BCUT2D eigenvalue weighted by atomic mass is 9.85. The zero-order valence-corrected chi connectivity index (χ0v) is 12.3. The molecule has 3 rings (SSSR count). The van der Waals surface area contributed by atoms with Gasteiger partial charge in [0.05, 0.1) is 11.2 Å². The summed E-state index contributed by atoms with van der Waals surface area (Å²) in [7, 11) is 0. The van der Waals surface area contributed by atoms with Crippen LogP contribution in [0.3, 0.4) is 0 Å². The van der Waals surface area contributed by atoms with Gasteiger partial charge in [0.1, 0.15) is 5.01 Å². The Kier molecular flexibility index (Phi) is 3.19. The smallest absolute Gasteiger partial charge is 0.112 e. The van der Waals surface area contributed by atoms with Gasteiger partial charge in [-0.25, -0.2) is 4.98 Å². The fraction of sp³-hybridized carbons (Fsp3) is 0.438. The summed E-state index contributed by atoms with van der Waals surface area (Å²) >= 11 is 1.80. The summed E-state index contributed by atoms with van der Waals surface area (Å²) in [5.41, 5.74) is 8.58. The van der Waals surface area contributed by atoms with Gasteiger partial charge >= 0.3 is 0 Å². The molecule has 0 aliphatic heterocycles. The third-order valence-electron chi connectivity index (χ3n) is 3.76. The molecule has 1 aliphatic carbocycles. The number of benzene rings is 1. The maximum atomic E-state index is 6.16. The van der Waals surface area contributed by atoms with Gasteiger partial charge in [-0.1, -0.05) is 30.3 Å². The minimum absolute atomic E-state index is 0.315. The number of aromatic nitrogens is 1. The highest BCUT2D eigenvalue weighted by atomic mass is 32.1. The summed E-state index contributed by atoms with van der Waals surface area (Å²) in [6.07, 6.45) is 3.40. The molecule has 0 spiro atoms. The Morgan fingerprint density at radius 1 is 1.26 bits per heavy atom. The summed E-state index contributed by atoms with van der Waals surface area (Å²) in [5.74, 6) is 0.642. The first kappa shape index (κ1) is 12.8. The molecule has 0 radical (unpaired) electrons. The Hall–Kier alpha value is -1.19. The van der Waals surface area contributed by atoms with Gasteiger partial charge in [0.25, 0.3) is 0 Å². The lowest BCUT2D eigenvalue weighted by Gasteiger charge is -2.21. The van der Waals surface area contributed by atoms with E-state index in [1.54, 1.807) is 11.3 Å². The molecule has 19 heavy (non-hydrogen) atoms. The van der Waals surface area contributed by atoms with Gasteiger partial charge in [-0.3, -0.25) is 0 Å². The topological polar surface area (TPSA) is 38.9 Å². The number of nitrogens with two attached hydrogens (primary N) is 1. The molecular weight excluding hydrogens is 252 g/mol. The van der Waals surface area contributed by atoms with E-state index >= 15 is 0 Å². The number of hydrogen-bond acceptors (Lipinski definition) is 3. The number of nitrogens with zero attached hydrogens (tertiary/aromatic N) is 1. The van der Waals surface area contributed by atoms with Gasteiger partial charge in [-0.2, -0.15) is 0 Å². The summed E-state index contributed by atoms with van der Waals surface area (Å²) in [6, 6.07) is 10.8. The van der Waals surface area contributed by atoms with E-state index in [2.05, 4.69) is 30.3 Å². The molecule has 3 heteroatoms. The van der Waals surface area contributed by atoms with Crippen LogP contribution in [-0.4, -0.2) is 4.98 Å². The molecule has 1 unspecified atom stereocenters. The van der Waals surface area contributed by atoms with Crippen molar-refractivity contribution in [2.75, 3.05) is 0 Å². The van der Waals surface area contributed by atoms with Crippen molar-refractivity contribution >= 4 is 11.3 Å². The molecule has 0 saturated carbocycles. The third kappa shape index (κ3) is 2.58. The van der Waals surface area contributed by atoms with Gasteiger partial charge < -0.3 is 5.73 Å². The van der Waals surface area contributed by atoms with Crippen molar-refractivity contribution in [2.45, 2.75) is 44.6 Å². The number of rotatable bonds is 2.